The second-order valence-corrected chi connectivity index (χ2v) is 6.45. The maximum absolute atomic E-state index is 13.6. The lowest BCUT2D eigenvalue weighted by Gasteiger charge is -2.08. The number of nitrogens with one attached hydrogen (secondary N) is 1. The number of aryl methyl sites for hydroxylation is 1. The monoisotopic (exact) mass is 392 g/mol. The first-order valence-electron chi connectivity index (χ1n) is 8.91. The van der Waals surface area contributed by atoms with Crippen LogP contribution in [0.3, 0.4) is 0 Å². The maximum atomic E-state index is 13.6. The molecule has 0 saturated carbocycles. The molecular weight excluding hydrogens is 375 g/mol. The number of ether oxygens (including phenoxy) is 1. The third-order valence-electron chi connectivity index (χ3n) is 4.29. The first-order valence-corrected chi connectivity index (χ1v) is 8.91. The van der Waals surface area contributed by atoms with Gasteiger partial charge in [-0.3, -0.25) is 4.79 Å². The Morgan fingerprint density at radius 2 is 2.00 bits per heavy atom. The minimum absolute atomic E-state index is 0.140. The Hall–Kier alpha value is -3.81. The van der Waals surface area contributed by atoms with E-state index in [0.29, 0.717) is 23.2 Å². The fourth-order valence-corrected chi connectivity index (χ4v) is 2.79. The quantitative estimate of drug-likeness (QED) is 0.541. The van der Waals surface area contributed by atoms with Gasteiger partial charge in [-0.1, -0.05) is 47.1 Å². The Morgan fingerprint density at radius 1 is 1.17 bits per heavy atom. The molecule has 4 rings (SSSR count). The number of carbonyl (C=O) groups excluding carboxylic acids is 1. The lowest BCUT2D eigenvalue weighted by atomic mass is 10.1. The highest BCUT2D eigenvalue weighted by Gasteiger charge is 2.19. The highest BCUT2D eigenvalue weighted by Crippen LogP contribution is 2.32. The van der Waals surface area contributed by atoms with Crippen LogP contribution in [0.2, 0.25) is 0 Å². The molecule has 29 heavy (non-hydrogen) atoms. The number of rotatable bonds is 6. The fraction of sp³-hybridized carbons (Fsp3) is 0.143. The van der Waals surface area contributed by atoms with Crippen LogP contribution in [0.15, 0.2) is 59.4 Å². The van der Waals surface area contributed by atoms with E-state index in [2.05, 4.69) is 20.4 Å². The van der Waals surface area contributed by atoms with Crippen LogP contribution in [-0.2, 0) is 11.3 Å². The third-order valence-corrected chi connectivity index (χ3v) is 4.29. The first kappa shape index (κ1) is 18.5. The van der Waals surface area contributed by atoms with Gasteiger partial charge in [-0.25, -0.2) is 9.37 Å². The van der Waals surface area contributed by atoms with Gasteiger partial charge < -0.3 is 14.6 Å². The van der Waals surface area contributed by atoms with Gasteiger partial charge in [0.15, 0.2) is 6.61 Å². The van der Waals surface area contributed by atoms with Gasteiger partial charge in [0.2, 0.25) is 5.88 Å². The summed E-state index contributed by atoms with van der Waals surface area (Å²) in [5.74, 6) is -0.574. The molecule has 1 amide bonds. The van der Waals surface area contributed by atoms with Gasteiger partial charge in [-0.05, 0) is 24.6 Å². The first-order chi connectivity index (χ1) is 14.1. The minimum Gasteiger partial charge on any atom is -0.467 e. The summed E-state index contributed by atoms with van der Waals surface area (Å²) in [4.78, 5) is 20.2. The van der Waals surface area contributed by atoms with Crippen LogP contribution in [-0.4, -0.2) is 27.6 Å². The maximum Gasteiger partial charge on any atom is 0.265 e. The van der Waals surface area contributed by atoms with Gasteiger partial charge in [0.1, 0.15) is 23.2 Å². The van der Waals surface area contributed by atoms with Crippen molar-refractivity contribution < 1.29 is 18.4 Å². The van der Waals surface area contributed by atoms with Gasteiger partial charge in [0, 0.05) is 12.1 Å². The standard InChI is InChI=1S/C21H17FN4O3/c1-13-5-7-14(8-6-13)10-23-17(27)11-28-20-18-19(15-3-2-4-16(22)9-15)26-29-21(18)25-12-24-20/h2-9,12H,10-11H2,1H3,(H,23,27). The van der Waals surface area contributed by atoms with E-state index < -0.39 is 5.82 Å². The molecule has 0 fully saturated rings. The van der Waals surface area contributed by atoms with Crippen LogP contribution in [0.5, 0.6) is 5.88 Å². The average Bonchev–Trinajstić information content (AvgIpc) is 3.17. The van der Waals surface area contributed by atoms with E-state index in [1.807, 2.05) is 31.2 Å². The Balaban J connectivity index is 1.48. The molecule has 7 nitrogen and oxygen atoms in total. The number of fused-ring (bicyclic) bond motifs is 1. The SMILES string of the molecule is Cc1ccc(CNC(=O)COc2ncnc3onc(-c4cccc(F)c4)c23)cc1. The molecular formula is C21H17FN4O3. The molecule has 0 spiro atoms. The number of nitrogens with zero attached hydrogens (tertiary/aromatic N) is 3. The molecule has 0 aliphatic carbocycles. The van der Waals surface area contributed by atoms with Crippen LogP contribution >= 0.6 is 0 Å². The van der Waals surface area contributed by atoms with Gasteiger partial charge >= 0.3 is 0 Å². The van der Waals surface area contributed by atoms with Crippen molar-refractivity contribution in [3.05, 3.63) is 71.8 Å². The zero-order valence-corrected chi connectivity index (χ0v) is 15.6. The molecule has 0 bridgehead atoms. The molecule has 0 unspecified atom stereocenters. The fourth-order valence-electron chi connectivity index (χ4n) is 2.79. The molecule has 0 saturated heterocycles. The lowest BCUT2D eigenvalue weighted by molar-refractivity contribution is -0.123. The molecule has 8 heteroatoms. The Morgan fingerprint density at radius 3 is 2.79 bits per heavy atom. The number of halogens is 1. The van der Waals surface area contributed by atoms with Gasteiger partial charge in [-0.15, -0.1) is 0 Å². The Kier molecular flexibility index (Phi) is 5.15. The van der Waals surface area contributed by atoms with Crippen molar-refractivity contribution in [3.63, 3.8) is 0 Å². The predicted octanol–water partition coefficient (Wildman–Crippen LogP) is 3.43. The molecule has 0 aliphatic rings. The van der Waals surface area contributed by atoms with Crippen LogP contribution in [0, 0.1) is 12.7 Å². The molecule has 1 N–H and O–H groups in total. The van der Waals surface area contributed by atoms with Crippen molar-refractivity contribution >= 4 is 17.0 Å². The summed E-state index contributed by atoms with van der Waals surface area (Å²) in [7, 11) is 0. The number of aromatic nitrogens is 3. The lowest BCUT2D eigenvalue weighted by Crippen LogP contribution is -2.28. The molecule has 2 heterocycles. The van der Waals surface area contributed by atoms with Crippen molar-refractivity contribution in [1.29, 1.82) is 0 Å². The average molecular weight is 392 g/mol. The third kappa shape index (κ3) is 4.21. The summed E-state index contributed by atoms with van der Waals surface area (Å²) in [6.45, 7) is 2.15. The van der Waals surface area contributed by atoms with Crippen molar-refractivity contribution in [2.75, 3.05) is 6.61 Å². The number of hydrogen-bond donors (Lipinski definition) is 1. The molecule has 0 aliphatic heterocycles. The van der Waals surface area contributed by atoms with E-state index in [9.17, 15) is 9.18 Å². The van der Waals surface area contributed by atoms with E-state index in [1.165, 1.54) is 18.5 Å². The van der Waals surface area contributed by atoms with E-state index >= 15 is 0 Å². The highest BCUT2D eigenvalue weighted by molar-refractivity contribution is 5.93. The second-order valence-electron chi connectivity index (χ2n) is 6.45. The smallest absolute Gasteiger partial charge is 0.265 e. The van der Waals surface area contributed by atoms with Crippen LogP contribution < -0.4 is 10.1 Å². The summed E-state index contributed by atoms with van der Waals surface area (Å²) in [6.07, 6.45) is 1.25. The zero-order valence-electron chi connectivity index (χ0n) is 15.6. The largest absolute Gasteiger partial charge is 0.467 e. The van der Waals surface area contributed by atoms with Gasteiger partial charge in [-0.2, -0.15) is 4.98 Å². The predicted molar refractivity (Wildman–Crippen MR) is 104 cm³/mol. The summed E-state index contributed by atoms with van der Waals surface area (Å²) < 4.78 is 24.4. The van der Waals surface area contributed by atoms with Gasteiger partial charge in [0.05, 0.1) is 0 Å². The highest BCUT2D eigenvalue weighted by atomic mass is 19.1. The molecule has 4 aromatic rings. The topological polar surface area (TPSA) is 90.1 Å². The summed E-state index contributed by atoms with van der Waals surface area (Å²) in [5, 5.41) is 7.12. The van der Waals surface area contributed by atoms with E-state index in [-0.39, 0.29) is 24.1 Å². The van der Waals surface area contributed by atoms with Crippen molar-refractivity contribution in [2.45, 2.75) is 13.5 Å². The van der Waals surface area contributed by atoms with Crippen LogP contribution in [0.4, 0.5) is 4.39 Å². The zero-order chi connectivity index (χ0) is 20.2. The van der Waals surface area contributed by atoms with E-state index in [1.54, 1.807) is 12.1 Å². The van der Waals surface area contributed by atoms with Crippen molar-refractivity contribution in [2.24, 2.45) is 0 Å². The minimum atomic E-state index is -0.409. The molecule has 0 radical (unpaired) electrons. The number of benzene rings is 2. The Bertz CT molecular complexity index is 1160. The van der Waals surface area contributed by atoms with E-state index in [4.69, 9.17) is 9.26 Å². The second kappa shape index (κ2) is 8.05. The van der Waals surface area contributed by atoms with Crippen molar-refractivity contribution in [1.82, 2.24) is 20.4 Å². The summed E-state index contributed by atoms with van der Waals surface area (Å²) in [5.41, 5.74) is 3.16. The number of hydrogen-bond acceptors (Lipinski definition) is 6. The molecule has 2 aromatic carbocycles. The normalized spacial score (nSPS) is 10.8. The van der Waals surface area contributed by atoms with Crippen LogP contribution in [0.25, 0.3) is 22.4 Å². The Labute approximate surface area is 165 Å². The van der Waals surface area contributed by atoms with Gasteiger partial charge in [0.25, 0.3) is 11.6 Å². The number of carbonyl (C=O) groups is 1. The molecule has 2 aromatic heterocycles. The summed E-state index contributed by atoms with van der Waals surface area (Å²) in [6, 6.07) is 13.8. The number of amides is 1. The summed E-state index contributed by atoms with van der Waals surface area (Å²) >= 11 is 0. The van der Waals surface area contributed by atoms with E-state index in [0.717, 1.165) is 11.1 Å². The van der Waals surface area contributed by atoms with Crippen molar-refractivity contribution in [3.8, 4) is 17.1 Å². The molecule has 0 atom stereocenters. The van der Waals surface area contributed by atoms with Crippen LogP contribution in [0.1, 0.15) is 11.1 Å². The molecule has 146 valence electrons.